The van der Waals surface area contributed by atoms with E-state index in [1.54, 1.807) is 0 Å². The standard InChI is InChI=1S/C14H29BrO/c1-3-4-5-6-7-8-12-16-13-10-14(2)9-11-15/h14H,3-13H2,1-2H3. The Morgan fingerprint density at radius 2 is 1.62 bits per heavy atom. The topological polar surface area (TPSA) is 9.23 Å². The minimum Gasteiger partial charge on any atom is -0.381 e. The maximum absolute atomic E-state index is 5.64. The number of alkyl halides is 1. The average molecular weight is 293 g/mol. The molecule has 0 radical (unpaired) electrons. The average Bonchev–Trinajstić information content (AvgIpc) is 2.27. The lowest BCUT2D eigenvalue weighted by atomic mass is 10.1. The monoisotopic (exact) mass is 292 g/mol. The summed E-state index contributed by atoms with van der Waals surface area (Å²) in [7, 11) is 0. The van der Waals surface area contributed by atoms with Crippen molar-refractivity contribution in [3.63, 3.8) is 0 Å². The number of halogens is 1. The zero-order chi connectivity index (χ0) is 12.1. The van der Waals surface area contributed by atoms with Crippen LogP contribution < -0.4 is 0 Å². The summed E-state index contributed by atoms with van der Waals surface area (Å²) in [6.07, 6.45) is 10.6. The number of unbranched alkanes of at least 4 members (excludes halogenated alkanes) is 5. The molecule has 0 amide bonds. The number of hydrogen-bond donors (Lipinski definition) is 0. The number of rotatable bonds is 12. The van der Waals surface area contributed by atoms with Gasteiger partial charge in [-0.2, -0.15) is 0 Å². The highest BCUT2D eigenvalue weighted by atomic mass is 79.9. The molecule has 1 atom stereocenters. The van der Waals surface area contributed by atoms with Gasteiger partial charge in [-0.1, -0.05) is 61.9 Å². The molecule has 0 bridgehead atoms. The van der Waals surface area contributed by atoms with Crippen LogP contribution in [0.15, 0.2) is 0 Å². The van der Waals surface area contributed by atoms with Gasteiger partial charge in [0.1, 0.15) is 0 Å². The van der Waals surface area contributed by atoms with Gasteiger partial charge in [-0.05, 0) is 25.2 Å². The molecule has 1 unspecified atom stereocenters. The van der Waals surface area contributed by atoms with Crippen molar-refractivity contribution in [1.82, 2.24) is 0 Å². The van der Waals surface area contributed by atoms with Gasteiger partial charge >= 0.3 is 0 Å². The Bertz CT molecular complexity index is 128. The molecule has 0 saturated heterocycles. The van der Waals surface area contributed by atoms with E-state index in [2.05, 4.69) is 29.8 Å². The third kappa shape index (κ3) is 12.5. The third-order valence-corrected chi connectivity index (χ3v) is 3.46. The first-order valence-electron chi connectivity index (χ1n) is 6.95. The van der Waals surface area contributed by atoms with Crippen molar-refractivity contribution in [3.8, 4) is 0 Å². The highest BCUT2D eigenvalue weighted by Crippen LogP contribution is 2.09. The molecule has 0 aliphatic heterocycles. The Balaban J connectivity index is 2.98. The SMILES string of the molecule is CCCCCCCCOCCC(C)CCBr. The summed E-state index contributed by atoms with van der Waals surface area (Å²) in [5.41, 5.74) is 0. The molecule has 0 saturated carbocycles. The third-order valence-electron chi connectivity index (χ3n) is 3.00. The summed E-state index contributed by atoms with van der Waals surface area (Å²) >= 11 is 3.47. The summed E-state index contributed by atoms with van der Waals surface area (Å²) in [5.74, 6) is 0.795. The van der Waals surface area contributed by atoms with Crippen LogP contribution in [0, 0.1) is 5.92 Å². The molecule has 2 heteroatoms. The van der Waals surface area contributed by atoms with Gasteiger partial charge < -0.3 is 4.74 Å². The molecule has 1 nitrogen and oxygen atoms in total. The Kier molecular flexibility index (Phi) is 13.9. The number of ether oxygens (including phenoxy) is 1. The van der Waals surface area contributed by atoms with Gasteiger partial charge in [0, 0.05) is 18.5 Å². The summed E-state index contributed by atoms with van der Waals surface area (Å²) in [6, 6.07) is 0. The van der Waals surface area contributed by atoms with Crippen LogP contribution in [0.25, 0.3) is 0 Å². The van der Waals surface area contributed by atoms with E-state index < -0.39 is 0 Å². The molecule has 0 fully saturated rings. The fraction of sp³-hybridized carbons (Fsp3) is 1.00. The molecular formula is C14H29BrO. The van der Waals surface area contributed by atoms with Gasteiger partial charge in [-0.15, -0.1) is 0 Å². The molecule has 0 aromatic carbocycles. The van der Waals surface area contributed by atoms with Crippen molar-refractivity contribution < 1.29 is 4.74 Å². The fourth-order valence-electron chi connectivity index (χ4n) is 1.70. The van der Waals surface area contributed by atoms with Crippen molar-refractivity contribution in [3.05, 3.63) is 0 Å². The molecule has 0 rings (SSSR count). The van der Waals surface area contributed by atoms with Crippen LogP contribution in [0.2, 0.25) is 0 Å². The molecule has 0 aliphatic rings. The van der Waals surface area contributed by atoms with Crippen LogP contribution in [-0.4, -0.2) is 18.5 Å². The van der Waals surface area contributed by atoms with E-state index in [1.165, 1.54) is 51.4 Å². The lowest BCUT2D eigenvalue weighted by Crippen LogP contribution is -2.03. The van der Waals surface area contributed by atoms with Crippen molar-refractivity contribution in [2.45, 2.75) is 65.2 Å². The first-order chi connectivity index (χ1) is 7.81. The van der Waals surface area contributed by atoms with Crippen LogP contribution >= 0.6 is 15.9 Å². The zero-order valence-corrected chi connectivity index (χ0v) is 12.7. The normalized spacial score (nSPS) is 12.9. The van der Waals surface area contributed by atoms with E-state index in [9.17, 15) is 0 Å². The van der Waals surface area contributed by atoms with E-state index in [-0.39, 0.29) is 0 Å². The molecule has 0 spiro atoms. The molecular weight excluding hydrogens is 264 g/mol. The summed E-state index contributed by atoms with van der Waals surface area (Å²) in [4.78, 5) is 0. The Morgan fingerprint density at radius 1 is 0.938 bits per heavy atom. The van der Waals surface area contributed by atoms with Crippen molar-refractivity contribution in [1.29, 1.82) is 0 Å². The van der Waals surface area contributed by atoms with Gasteiger partial charge in [-0.25, -0.2) is 0 Å². The van der Waals surface area contributed by atoms with Gasteiger partial charge in [0.05, 0.1) is 0 Å². The van der Waals surface area contributed by atoms with Crippen molar-refractivity contribution >= 4 is 15.9 Å². The van der Waals surface area contributed by atoms with E-state index in [0.29, 0.717) is 0 Å². The molecule has 98 valence electrons. The molecule has 0 aromatic heterocycles. The molecule has 0 heterocycles. The van der Waals surface area contributed by atoms with Crippen molar-refractivity contribution in [2.24, 2.45) is 5.92 Å². The Hall–Kier alpha value is 0.440. The van der Waals surface area contributed by atoms with E-state index >= 15 is 0 Å². The Labute approximate surface area is 110 Å². The van der Waals surface area contributed by atoms with Gasteiger partial charge in [0.2, 0.25) is 0 Å². The van der Waals surface area contributed by atoms with Crippen LogP contribution in [0.3, 0.4) is 0 Å². The lowest BCUT2D eigenvalue weighted by Gasteiger charge is -2.09. The van der Waals surface area contributed by atoms with E-state index in [1.807, 2.05) is 0 Å². The second kappa shape index (κ2) is 13.5. The smallest absolute Gasteiger partial charge is 0.0468 e. The highest BCUT2D eigenvalue weighted by molar-refractivity contribution is 9.09. The highest BCUT2D eigenvalue weighted by Gasteiger charge is 2.00. The fourth-order valence-corrected chi connectivity index (χ4v) is 2.48. The summed E-state index contributed by atoms with van der Waals surface area (Å²) < 4.78 is 5.64. The quantitative estimate of drug-likeness (QED) is 0.356. The maximum Gasteiger partial charge on any atom is 0.0468 e. The van der Waals surface area contributed by atoms with Gasteiger partial charge in [0.25, 0.3) is 0 Å². The first kappa shape index (κ1) is 16.4. The van der Waals surface area contributed by atoms with E-state index in [0.717, 1.165) is 24.5 Å². The summed E-state index contributed by atoms with van der Waals surface area (Å²) in [5, 5.41) is 1.12. The van der Waals surface area contributed by atoms with Crippen LogP contribution in [-0.2, 0) is 4.74 Å². The lowest BCUT2D eigenvalue weighted by molar-refractivity contribution is 0.117. The second-order valence-electron chi connectivity index (χ2n) is 4.75. The zero-order valence-electron chi connectivity index (χ0n) is 11.1. The van der Waals surface area contributed by atoms with E-state index in [4.69, 9.17) is 4.74 Å². The van der Waals surface area contributed by atoms with Crippen molar-refractivity contribution in [2.75, 3.05) is 18.5 Å². The molecule has 0 aliphatic carbocycles. The predicted octanol–water partition coefficient (Wildman–Crippen LogP) is 5.17. The maximum atomic E-state index is 5.64. The number of hydrogen-bond acceptors (Lipinski definition) is 1. The van der Waals surface area contributed by atoms with Gasteiger partial charge in [-0.3, -0.25) is 0 Å². The minimum absolute atomic E-state index is 0.795. The second-order valence-corrected chi connectivity index (χ2v) is 5.54. The largest absolute Gasteiger partial charge is 0.381 e. The first-order valence-corrected chi connectivity index (χ1v) is 8.07. The molecule has 0 aromatic rings. The Morgan fingerprint density at radius 3 is 2.31 bits per heavy atom. The van der Waals surface area contributed by atoms with Crippen LogP contribution in [0.5, 0.6) is 0 Å². The predicted molar refractivity (Wildman–Crippen MR) is 76.4 cm³/mol. The molecule has 0 N–H and O–H groups in total. The van der Waals surface area contributed by atoms with Crippen LogP contribution in [0.1, 0.15) is 65.2 Å². The summed E-state index contributed by atoms with van der Waals surface area (Å²) in [6.45, 7) is 6.48. The molecule has 16 heavy (non-hydrogen) atoms. The minimum atomic E-state index is 0.795. The van der Waals surface area contributed by atoms with Gasteiger partial charge in [0.15, 0.2) is 0 Å². The van der Waals surface area contributed by atoms with Crippen LogP contribution in [0.4, 0.5) is 0 Å².